The monoisotopic (exact) mass is 590 g/mol. The smallest absolute Gasteiger partial charge is 0.212 e. The van der Waals surface area contributed by atoms with Crippen LogP contribution in [0.2, 0.25) is 0 Å². The van der Waals surface area contributed by atoms with E-state index in [0.717, 1.165) is 28.9 Å². The van der Waals surface area contributed by atoms with E-state index in [0.29, 0.717) is 11.4 Å². The highest BCUT2D eigenvalue weighted by Gasteiger charge is 2.29. The zero-order valence-corrected chi connectivity index (χ0v) is 24.4. The SMILES string of the molecule is CCN1c2cc(N=[N+]=[N-])ccc2-c2ccc(N)cc2C1Cl.[Cl-].c1ccc(-c2cccc3[nH+]cc4ccccc4c23)cc1. The van der Waals surface area contributed by atoms with Crippen LogP contribution in [-0.4, -0.2) is 6.54 Å². The van der Waals surface area contributed by atoms with Crippen LogP contribution in [0.5, 0.6) is 0 Å². The fraction of sp³-hybridized carbons (Fsp3) is 0.0882. The molecule has 1 aliphatic rings. The molecule has 1 aliphatic heterocycles. The van der Waals surface area contributed by atoms with Crippen LogP contribution in [0.4, 0.5) is 17.1 Å². The van der Waals surface area contributed by atoms with Crippen molar-refractivity contribution in [1.82, 2.24) is 0 Å². The summed E-state index contributed by atoms with van der Waals surface area (Å²) in [4.78, 5) is 8.31. The number of hydrogen-bond acceptors (Lipinski definition) is 3. The fourth-order valence-corrected chi connectivity index (χ4v) is 5.99. The molecule has 0 saturated carbocycles. The second-order valence-corrected chi connectivity index (χ2v) is 10.2. The minimum Gasteiger partial charge on any atom is -1.00 e. The number of benzene rings is 5. The number of hydrogen-bond donors (Lipinski definition) is 1. The van der Waals surface area contributed by atoms with Crippen molar-refractivity contribution in [2.45, 2.75) is 12.4 Å². The topological polar surface area (TPSA) is 92.2 Å². The molecule has 0 spiro atoms. The maximum absolute atomic E-state index is 8.59. The van der Waals surface area contributed by atoms with Gasteiger partial charge in [0.05, 0.1) is 5.39 Å². The van der Waals surface area contributed by atoms with Crippen LogP contribution in [0.3, 0.4) is 0 Å². The van der Waals surface area contributed by atoms with Gasteiger partial charge in [-0.15, -0.1) is 0 Å². The molecule has 0 bridgehead atoms. The molecule has 6 nitrogen and oxygen atoms in total. The molecule has 7 rings (SSSR count). The molecule has 8 heteroatoms. The van der Waals surface area contributed by atoms with Crippen LogP contribution in [0, 0.1) is 0 Å². The second-order valence-electron chi connectivity index (χ2n) is 9.83. The van der Waals surface area contributed by atoms with Gasteiger partial charge in [0.25, 0.3) is 0 Å². The van der Waals surface area contributed by atoms with Crippen molar-refractivity contribution in [2.75, 3.05) is 17.2 Å². The lowest BCUT2D eigenvalue weighted by Crippen LogP contribution is -3.00. The number of halogens is 2. The first-order valence-electron chi connectivity index (χ1n) is 13.5. The lowest BCUT2D eigenvalue weighted by atomic mass is 9.92. The predicted molar refractivity (Wildman–Crippen MR) is 170 cm³/mol. The molecule has 5 aromatic carbocycles. The van der Waals surface area contributed by atoms with Crippen LogP contribution in [0.1, 0.15) is 18.0 Å². The number of anilines is 2. The summed E-state index contributed by atoms with van der Waals surface area (Å²) in [6.45, 7) is 2.78. The third kappa shape index (κ3) is 5.31. The van der Waals surface area contributed by atoms with Crippen LogP contribution in [0.15, 0.2) is 121 Å². The number of rotatable bonds is 3. The lowest BCUT2D eigenvalue weighted by molar-refractivity contribution is -0.342. The van der Waals surface area contributed by atoms with Crippen LogP contribution < -0.4 is 28.0 Å². The molecule has 2 heterocycles. The predicted octanol–water partition coefficient (Wildman–Crippen LogP) is 6.43. The third-order valence-corrected chi connectivity index (χ3v) is 7.92. The lowest BCUT2D eigenvalue weighted by Gasteiger charge is -2.36. The van der Waals surface area contributed by atoms with Crippen LogP contribution in [0.25, 0.3) is 54.4 Å². The Kier molecular flexibility index (Phi) is 8.51. The standard InChI is InChI=1S/C19H13N.C15H14ClN5.ClH/c1-2-7-14(8-3-1)16-11-6-12-18-19(16)17-10-5-4-9-15(17)13-20-18;1-2-21-14-8-10(19-20-18)4-6-12(14)11-5-3-9(17)7-13(11)15(21)16;/h1-13H;3-8,15H,2,17H2,1H3;1H. The molecule has 0 aliphatic carbocycles. The van der Waals surface area contributed by atoms with Crippen molar-refractivity contribution >= 4 is 50.3 Å². The van der Waals surface area contributed by atoms with Gasteiger partial charge in [0.2, 0.25) is 5.52 Å². The van der Waals surface area contributed by atoms with E-state index in [1.54, 1.807) is 6.07 Å². The molecule has 0 radical (unpaired) electrons. The summed E-state index contributed by atoms with van der Waals surface area (Å²) >= 11 is 6.61. The Morgan fingerprint density at radius 2 is 1.64 bits per heavy atom. The van der Waals surface area contributed by atoms with E-state index in [4.69, 9.17) is 22.9 Å². The van der Waals surface area contributed by atoms with Gasteiger partial charge < -0.3 is 23.0 Å². The molecule has 0 fully saturated rings. The number of aromatic nitrogens is 1. The van der Waals surface area contributed by atoms with E-state index in [1.165, 1.54) is 32.8 Å². The fourth-order valence-electron chi connectivity index (χ4n) is 5.57. The second kappa shape index (κ2) is 12.4. The van der Waals surface area contributed by atoms with Crippen molar-refractivity contribution in [3.63, 3.8) is 0 Å². The highest BCUT2D eigenvalue weighted by atomic mass is 35.5. The Morgan fingerprint density at radius 3 is 2.43 bits per heavy atom. The quantitative estimate of drug-likeness (QED) is 0.0489. The molecule has 3 N–H and O–H groups in total. The van der Waals surface area contributed by atoms with Gasteiger partial charge >= 0.3 is 0 Å². The van der Waals surface area contributed by atoms with Gasteiger partial charge in [-0.05, 0) is 59.0 Å². The zero-order chi connectivity index (χ0) is 28.3. The molecule has 0 saturated heterocycles. The molecule has 6 aromatic rings. The number of nitrogens with zero attached hydrogens (tertiary/aromatic N) is 4. The van der Waals surface area contributed by atoms with E-state index in [1.807, 2.05) is 37.3 Å². The zero-order valence-electron chi connectivity index (χ0n) is 22.9. The molecule has 208 valence electrons. The number of fused-ring (bicyclic) bond motifs is 6. The van der Waals surface area contributed by atoms with Crippen LogP contribution in [-0.2, 0) is 0 Å². The number of aromatic amines is 1. The maximum atomic E-state index is 8.59. The van der Waals surface area contributed by atoms with E-state index in [-0.39, 0.29) is 17.9 Å². The summed E-state index contributed by atoms with van der Waals surface area (Å²) in [5.41, 5.74) is 23.3. The Labute approximate surface area is 255 Å². The number of nitrogen functional groups attached to an aromatic ring is 1. The summed E-state index contributed by atoms with van der Waals surface area (Å²) in [5, 5.41) is 7.49. The molecular weight excluding hydrogens is 563 g/mol. The average Bonchev–Trinajstić information content (AvgIpc) is 3.02. The number of H-pyrrole nitrogens is 1. The van der Waals surface area contributed by atoms with Crippen molar-refractivity contribution < 1.29 is 17.4 Å². The Morgan fingerprint density at radius 1 is 0.881 bits per heavy atom. The highest BCUT2D eigenvalue weighted by Crippen LogP contribution is 2.47. The van der Waals surface area contributed by atoms with Crippen molar-refractivity contribution in [1.29, 1.82) is 0 Å². The molecule has 42 heavy (non-hydrogen) atoms. The number of azide groups is 1. The summed E-state index contributed by atoms with van der Waals surface area (Å²) in [7, 11) is 0. The van der Waals surface area contributed by atoms with Gasteiger partial charge in [0, 0.05) is 50.9 Å². The Balaban J connectivity index is 0.000000164. The summed E-state index contributed by atoms with van der Waals surface area (Å²) < 4.78 is 0. The van der Waals surface area contributed by atoms with Crippen molar-refractivity contribution in [2.24, 2.45) is 5.11 Å². The van der Waals surface area contributed by atoms with Crippen LogP contribution >= 0.6 is 11.6 Å². The largest absolute Gasteiger partial charge is 1.00 e. The van der Waals surface area contributed by atoms with E-state index >= 15 is 0 Å². The van der Waals surface area contributed by atoms with E-state index in [2.05, 4.69) is 98.9 Å². The molecule has 1 unspecified atom stereocenters. The normalized spacial score (nSPS) is 13.2. The molecule has 1 aromatic heterocycles. The van der Waals surface area contributed by atoms with E-state index < -0.39 is 0 Å². The molecular formula is C34H28Cl2N6. The summed E-state index contributed by atoms with van der Waals surface area (Å²) in [6.07, 6.45) is 2.08. The van der Waals surface area contributed by atoms with Gasteiger partial charge in [0.1, 0.15) is 5.50 Å². The maximum Gasteiger partial charge on any atom is 0.212 e. The third-order valence-electron chi connectivity index (χ3n) is 7.45. The minimum absolute atomic E-state index is 0. The summed E-state index contributed by atoms with van der Waals surface area (Å²) in [6, 6.07) is 36.9. The highest BCUT2D eigenvalue weighted by molar-refractivity contribution is 6.23. The first kappa shape index (κ1) is 28.8. The van der Waals surface area contributed by atoms with Crippen molar-refractivity contribution in [3.05, 3.63) is 131 Å². The first-order valence-corrected chi connectivity index (χ1v) is 13.9. The van der Waals surface area contributed by atoms with Gasteiger partial charge in [0.15, 0.2) is 6.20 Å². The molecule has 0 amide bonds. The average molecular weight is 592 g/mol. The van der Waals surface area contributed by atoms with Gasteiger partial charge in [-0.1, -0.05) is 95.6 Å². The minimum atomic E-state index is -0.290. The van der Waals surface area contributed by atoms with Gasteiger partial charge in [-0.2, -0.15) is 0 Å². The Hall–Kier alpha value is -4.74. The number of nitrogens with one attached hydrogen (secondary N) is 1. The number of pyridine rings is 1. The Bertz CT molecular complexity index is 1940. The van der Waals surface area contributed by atoms with Gasteiger partial charge in [-0.25, -0.2) is 4.98 Å². The van der Waals surface area contributed by atoms with Crippen molar-refractivity contribution in [3.8, 4) is 22.3 Å². The first-order chi connectivity index (χ1) is 20.1. The van der Waals surface area contributed by atoms with E-state index in [9.17, 15) is 0 Å². The number of alkyl halides is 1. The van der Waals surface area contributed by atoms with Gasteiger partial charge in [-0.3, -0.25) is 0 Å². The number of nitrogens with two attached hydrogens (primary N) is 1. The molecule has 1 atom stereocenters. The summed E-state index contributed by atoms with van der Waals surface area (Å²) in [5.74, 6) is 0.